The molecule has 8 N–H and O–H groups in total. The Balaban J connectivity index is 1.31. The third kappa shape index (κ3) is 7.54. The first-order valence-corrected chi connectivity index (χ1v) is 13.3. The fourth-order valence-corrected chi connectivity index (χ4v) is 4.86. The predicted octanol–water partition coefficient (Wildman–Crippen LogP) is 1.68. The highest BCUT2D eigenvalue weighted by Crippen LogP contribution is 2.24. The number of methoxy groups -OCH3 is 1. The summed E-state index contributed by atoms with van der Waals surface area (Å²) in [5, 5.41) is 16.5. The van der Waals surface area contributed by atoms with Crippen LogP contribution in [0.25, 0.3) is 11.0 Å². The van der Waals surface area contributed by atoms with Crippen molar-refractivity contribution < 1.29 is 29.0 Å². The number of anilines is 3. The van der Waals surface area contributed by atoms with Crippen molar-refractivity contribution >= 4 is 63.0 Å². The zero-order chi connectivity index (χ0) is 29.5. The minimum atomic E-state index is -1.06. The molecular weight excluding hydrogens is 552 g/mol. The fourth-order valence-electron chi connectivity index (χ4n) is 4.13. The number of carbonyl (C=O) groups is 4. The van der Waals surface area contributed by atoms with Crippen LogP contribution in [0.5, 0.6) is 0 Å². The van der Waals surface area contributed by atoms with E-state index in [1.165, 1.54) is 12.5 Å². The number of nitrogens with two attached hydrogens (primary N) is 2. The molecule has 0 spiro atoms. The van der Waals surface area contributed by atoms with E-state index in [1.54, 1.807) is 12.1 Å². The van der Waals surface area contributed by atoms with E-state index in [2.05, 4.69) is 30.6 Å². The monoisotopic (exact) mass is 580 g/mol. The highest BCUT2D eigenvalue weighted by molar-refractivity contribution is 7.13. The molecule has 0 radical (unpaired) electrons. The third-order valence-electron chi connectivity index (χ3n) is 6.14. The maximum Gasteiger partial charge on any atom is 0.328 e. The molecule has 15 heteroatoms. The third-order valence-corrected chi connectivity index (χ3v) is 6.95. The van der Waals surface area contributed by atoms with E-state index in [4.69, 9.17) is 21.3 Å². The number of aliphatic carboxylic acids is 1. The van der Waals surface area contributed by atoms with Crippen LogP contribution in [0.15, 0.2) is 35.8 Å². The molecule has 4 rings (SSSR count). The normalized spacial score (nSPS) is 11.6. The number of carboxylic acid groups (broad SMARTS) is 1. The number of aromatic amines is 1. The number of hydrogen-bond donors (Lipinski definition) is 6. The second-order valence-electron chi connectivity index (χ2n) is 9.05. The average molecular weight is 581 g/mol. The van der Waals surface area contributed by atoms with E-state index in [0.717, 1.165) is 27.8 Å². The number of H-pyrrole nitrogens is 1. The second-order valence-corrected chi connectivity index (χ2v) is 9.91. The van der Waals surface area contributed by atoms with E-state index < -0.39 is 29.8 Å². The summed E-state index contributed by atoms with van der Waals surface area (Å²) in [7, 11) is 1.19. The Morgan fingerprint density at radius 1 is 1.10 bits per heavy atom. The van der Waals surface area contributed by atoms with Crippen molar-refractivity contribution in [2.75, 3.05) is 23.9 Å². The molecule has 0 aliphatic carbocycles. The Labute approximate surface area is 237 Å². The van der Waals surface area contributed by atoms with Crippen molar-refractivity contribution in [3.05, 3.63) is 58.2 Å². The van der Waals surface area contributed by atoms with Crippen LogP contribution in [-0.4, -0.2) is 61.9 Å². The zero-order valence-corrected chi connectivity index (χ0v) is 22.8. The van der Waals surface area contributed by atoms with Crippen LogP contribution in [0.4, 0.5) is 16.9 Å². The quantitative estimate of drug-likeness (QED) is 0.132. The lowest BCUT2D eigenvalue weighted by atomic mass is 10.0. The molecular formula is C26H28N8O6S. The lowest BCUT2D eigenvalue weighted by Gasteiger charge is -2.16. The Kier molecular flexibility index (Phi) is 9.08. The number of amides is 2. The van der Waals surface area contributed by atoms with Crippen LogP contribution >= 0.6 is 11.3 Å². The molecule has 0 aliphatic heterocycles. The highest BCUT2D eigenvalue weighted by atomic mass is 32.1. The van der Waals surface area contributed by atoms with Gasteiger partial charge in [0.2, 0.25) is 11.9 Å². The fraction of sp³-hybridized carbons (Fsp3) is 0.269. The molecule has 3 aromatic heterocycles. The minimum Gasteiger partial charge on any atom is -0.481 e. The summed E-state index contributed by atoms with van der Waals surface area (Å²) in [5.41, 5.74) is 14.8. The molecule has 0 aliphatic rings. The summed E-state index contributed by atoms with van der Waals surface area (Å²) in [6.45, 7) is 0. The van der Waals surface area contributed by atoms with Gasteiger partial charge in [-0.2, -0.15) is 9.97 Å². The summed E-state index contributed by atoms with van der Waals surface area (Å²) >= 11 is 1.09. The molecule has 214 valence electrons. The molecule has 1 aromatic carbocycles. The number of nitrogens with one attached hydrogen (secondary N) is 3. The summed E-state index contributed by atoms with van der Waals surface area (Å²) in [4.78, 5) is 63.5. The number of aromatic nitrogens is 4. The first-order valence-electron chi connectivity index (χ1n) is 12.5. The van der Waals surface area contributed by atoms with Crippen LogP contribution in [-0.2, 0) is 38.4 Å². The van der Waals surface area contributed by atoms with Crippen LogP contribution in [0.3, 0.4) is 0 Å². The van der Waals surface area contributed by atoms with Gasteiger partial charge in [-0.25, -0.2) is 9.78 Å². The van der Waals surface area contributed by atoms with Gasteiger partial charge in [0.25, 0.3) is 5.91 Å². The molecule has 41 heavy (non-hydrogen) atoms. The van der Waals surface area contributed by atoms with Gasteiger partial charge >= 0.3 is 11.9 Å². The Hall–Kier alpha value is -5.05. The molecule has 0 fully saturated rings. The van der Waals surface area contributed by atoms with Gasteiger partial charge < -0.3 is 36.9 Å². The van der Waals surface area contributed by atoms with Crippen LogP contribution in [0.2, 0.25) is 0 Å². The number of nitrogens with zero attached hydrogens (tertiary/aromatic N) is 3. The van der Waals surface area contributed by atoms with Gasteiger partial charge in [0, 0.05) is 23.6 Å². The first kappa shape index (κ1) is 28.9. The molecule has 14 nitrogen and oxygen atoms in total. The number of aryl methyl sites for hydroxylation is 2. The first-order chi connectivity index (χ1) is 19.6. The number of fused-ring (bicyclic) bond motifs is 1. The minimum absolute atomic E-state index is 0.0151. The molecule has 2 amide bonds. The van der Waals surface area contributed by atoms with E-state index >= 15 is 0 Å². The summed E-state index contributed by atoms with van der Waals surface area (Å²) in [5.74, 6) is -2.26. The van der Waals surface area contributed by atoms with Crippen molar-refractivity contribution in [1.29, 1.82) is 0 Å². The van der Waals surface area contributed by atoms with Gasteiger partial charge in [0.15, 0.2) is 5.13 Å². The highest BCUT2D eigenvalue weighted by Gasteiger charge is 2.23. The standard InChI is InChI=1S/C26H28N8O6S/c1-40-24(39)17(8-9-18(35)32-26-30-16(12-41-26)10-19(36)37)31-23(38)14-5-2-13(3-6-14)4-7-15-11-29-22-20(15)21(27)33-25(28)34-22/h2-3,5-6,11-12,17H,4,7-10H2,1H3,(H,31,38)(H,36,37)(H,30,32,35)(H5,27,28,29,33,34)/t17-/m0/s1. The summed E-state index contributed by atoms with van der Waals surface area (Å²) in [6.07, 6.45) is 2.75. The smallest absolute Gasteiger partial charge is 0.328 e. The number of carboxylic acids is 1. The molecule has 1 atom stereocenters. The number of thiazole rings is 1. The van der Waals surface area contributed by atoms with Crippen molar-refractivity contribution in [2.45, 2.75) is 38.1 Å². The zero-order valence-electron chi connectivity index (χ0n) is 22.0. The Bertz CT molecular complexity index is 1580. The molecule has 0 saturated heterocycles. The largest absolute Gasteiger partial charge is 0.481 e. The number of benzene rings is 1. The second kappa shape index (κ2) is 12.9. The van der Waals surface area contributed by atoms with E-state index in [9.17, 15) is 19.2 Å². The lowest BCUT2D eigenvalue weighted by Crippen LogP contribution is -2.42. The molecule has 0 bridgehead atoms. The van der Waals surface area contributed by atoms with Crippen LogP contribution in [0, 0.1) is 0 Å². The summed E-state index contributed by atoms with van der Waals surface area (Å²) in [6, 6.07) is 5.87. The van der Waals surface area contributed by atoms with Crippen molar-refractivity contribution in [3.8, 4) is 0 Å². The SMILES string of the molecule is COC(=O)[C@H](CCC(=O)Nc1nc(CC(=O)O)cs1)NC(=O)c1ccc(CCc2c[nH]c3nc(N)nc(N)c23)cc1. The molecule has 4 aromatic rings. The maximum absolute atomic E-state index is 12.9. The van der Waals surface area contributed by atoms with Gasteiger partial charge in [-0.05, 0) is 42.5 Å². The molecule has 0 unspecified atom stereocenters. The van der Waals surface area contributed by atoms with Crippen molar-refractivity contribution in [3.63, 3.8) is 0 Å². The van der Waals surface area contributed by atoms with Crippen molar-refractivity contribution in [2.24, 2.45) is 0 Å². The topological polar surface area (TPSA) is 228 Å². The number of ether oxygens (including phenoxy) is 1. The van der Waals surface area contributed by atoms with E-state index in [0.29, 0.717) is 35.6 Å². The van der Waals surface area contributed by atoms with Crippen LogP contribution < -0.4 is 22.1 Å². The van der Waals surface area contributed by atoms with E-state index in [1.807, 2.05) is 18.3 Å². The Morgan fingerprint density at radius 2 is 1.85 bits per heavy atom. The molecule has 0 saturated carbocycles. The van der Waals surface area contributed by atoms with Gasteiger partial charge in [-0.1, -0.05) is 12.1 Å². The van der Waals surface area contributed by atoms with Gasteiger partial charge in [-0.3, -0.25) is 14.4 Å². The maximum atomic E-state index is 12.9. The number of rotatable bonds is 12. The number of hydrogen-bond acceptors (Lipinski definition) is 11. The number of nitrogen functional groups attached to an aromatic ring is 2. The lowest BCUT2D eigenvalue weighted by molar-refractivity contribution is -0.143. The predicted molar refractivity (Wildman–Crippen MR) is 151 cm³/mol. The van der Waals surface area contributed by atoms with Gasteiger partial charge in [0.05, 0.1) is 24.6 Å². The number of carbonyl (C=O) groups excluding carboxylic acids is 3. The molecule has 3 heterocycles. The van der Waals surface area contributed by atoms with Crippen LogP contribution in [0.1, 0.15) is 40.0 Å². The Morgan fingerprint density at radius 3 is 2.56 bits per heavy atom. The van der Waals surface area contributed by atoms with Gasteiger partial charge in [0.1, 0.15) is 17.5 Å². The average Bonchev–Trinajstić information content (AvgIpc) is 3.55. The number of esters is 1. The van der Waals surface area contributed by atoms with Crippen molar-refractivity contribution in [1.82, 2.24) is 25.3 Å². The summed E-state index contributed by atoms with van der Waals surface area (Å²) < 4.78 is 4.79. The van der Waals surface area contributed by atoms with Gasteiger partial charge in [-0.15, -0.1) is 11.3 Å². The van der Waals surface area contributed by atoms with E-state index in [-0.39, 0.29) is 30.3 Å².